The fourth-order valence-electron chi connectivity index (χ4n) is 2.73. The minimum Gasteiger partial charge on any atom is -0.378 e. The van der Waals surface area contributed by atoms with Crippen LogP contribution in [0.3, 0.4) is 0 Å². The zero-order chi connectivity index (χ0) is 13.0. The molecule has 0 radical (unpaired) electrons. The zero-order valence-electron chi connectivity index (χ0n) is 11.6. The molecule has 1 aromatic rings. The number of rotatable bonds is 5. The molecule has 1 N–H and O–H groups in total. The van der Waals surface area contributed by atoms with Crippen LogP contribution in [-0.4, -0.2) is 24.1 Å². The lowest BCUT2D eigenvalue weighted by molar-refractivity contribution is 0.181. The van der Waals surface area contributed by atoms with Crippen molar-refractivity contribution in [2.45, 2.75) is 45.1 Å². The van der Waals surface area contributed by atoms with E-state index in [0.29, 0.717) is 12.5 Å². The summed E-state index contributed by atoms with van der Waals surface area (Å²) < 4.78 is 5.17. The minimum atomic E-state index is 0.527. The van der Waals surface area contributed by atoms with Crippen molar-refractivity contribution in [3.8, 4) is 0 Å². The van der Waals surface area contributed by atoms with Gasteiger partial charge >= 0.3 is 0 Å². The largest absolute Gasteiger partial charge is 0.378 e. The van der Waals surface area contributed by atoms with E-state index in [1.54, 1.807) is 7.11 Å². The number of ether oxygens (including phenoxy) is 1. The van der Waals surface area contributed by atoms with E-state index in [1.165, 1.54) is 25.7 Å². The van der Waals surface area contributed by atoms with E-state index in [1.807, 2.05) is 13.1 Å². The quantitative estimate of drug-likeness (QED) is 0.871. The highest BCUT2D eigenvalue weighted by molar-refractivity contribution is 5.35. The zero-order valence-corrected chi connectivity index (χ0v) is 11.6. The fourth-order valence-corrected chi connectivity index (χ4v) is 2.73. The highest BCUT2D eigenvalue weighted by atomic mass is 16.5. The van der Waals surface area contributed by atoms with Gasteiger partial charge in [-0.3, -0.25) is 0 Å². The first-order valence-electron chi connectivity index (χ1n) is 6.81. The van der Waals surface area contributed by atoms with Crippen LogP contribution < -0.4 is 5.32 Å². The Morgan fingerprint density at radius 2 is 2.22 bits per heavy atom. The Morgan fingerprint density at radius 3 is 2.83 bits per heavy atom. The van der Waals surface area contributed by atoms with Crippen molar-refractivity contribution in [3.63, 3.8) is 0 Å². The van der Waals surface area contributed by atoms with E-state index in [-0.39, 0.29) is 0 Å². The van der Waals surface area contributed by atoms with Gasteiger partial charge < -0.3 is 10.1 Å². The predicted molar refractivity (Wildman–Crippen MR) is 72.7 cm³/mol. The second-order valence-electron chi connectivity index (χ2n) is 5.07. The second kappa shape index (κ2) is 6.14. The Kier molecular flexibility index (Phi) is 4.53. The van der Waals surface area contributed by atoms with Crippen LogP contribution in [0.5, 0.6) is 0 Å². The van der Waals surface area contributed by atoms with E-state index in [4.69, 9.17) is 4.74 Å². The summed E-state index contributed by atoms with van der Waals surface area (Å²) in [5, 5.41) is 3.11. The van der Waals surface area contributed by atoms with Crippen molar-refractivity contribution < 1.29 is 4.74 Å². The van der Waals surface area contributed by atoms with Crippen molar-refractivity contribution in [1.82, 2.24) is 9.97 Å². The van der Waals surface area contributed by atoms with Crippen molar-refractivity contribution >= 4 is 5.82 Å². The molecule has 1 aliphatic carbocycles. The third kappa shape index (κ3) is 2.99. The Morgan fingerprint density at radius 1 is 1.39 bits per heavy atom. The van der Waals surface area contributed by atoms with E-state index in [0.717, 1.165) is 23.3 Å². The van der Waals surface area contributed by atoms with Crippen molar-refractivity contribution in [2.24, 2.45) is 5.92 Å². The van der Waals surface area contributed by atoms with Gasteiger partial charge in [-0.1, -0.05) is 13.3 Å². The van der Waals surface area contributed by atoms with Crippen LogP contribution in [0.4, 0.5) is 5.82 Å². The van der Waals surface area contributed by atoms with Gasteiger partial charge in [-0.05, 0) is 25.2 Å². The lowest BCUT2D eigenvalue weighted by Gasteiger charge is -2.12. The molecule has 2 rings (SSSR count). The van der Waals surface area contributed by atoms with Crippen LogP contribution in [-0.2, 0) is 11.3 Å². The van der Waals surface area contributed by atoms with E-state index in [2.05, 4.69) is 22.2 Å². The maximum Gasteiger partial charge on any atom is 0.134 e. The van der Waals surface area contributed by atoms with Crippen molar-refractivity contribution in [3.05, 3.63) is 17.6 Å². The smallest absolute Gasteiger partial charge is 0.134 e. The normalized spacial score (nSPS) is 23.3. The molecule has 0 spiro atoms. The molecule has 1 saturated carbocycles. The third-order valence-electron chi connectivity index (χ3n) is 3.83. The number of anilines is 1. The molecule has 18 heavy (non-hydrogen) atoms. The highest BCUT2D eigenvalue weighted by Crippen LogP contribution is 2.38. The average Bonchev–Trinajstić information content (AvgIpc) is 2.87. The highest BCUT2D eigenvalue weighted by Gasteiger charge is 2.27. The molecule has 1 aromatic heterocycles. The molecule has 0 aromatic carbocycles. The molecule has 1 heterocycles. The summed E-state index contributed by atoms with van der Waals surface area (Å²) in [6, 6.07) is 1.96. The van der Waals surface area contributed by atoms with Gasteiger partial charge in [0.15, 0.2) is 0 Å². The average molecular weight is 249 g/mol. The molecule has 100 valence electrons. The summed E-state index contributed by atoms with van der Waals surface area (Å²) >= 11 is 0. The Balaban J connectivity index is 2.18. The van der Waals surface area contributed by atoms with Crippen LogP contribution in [0.1, 0.15) is 50.0 Å². The SMILES string of the molecule is CCC1CCC(c2nc(COC)cc(NC)n2)C1. The second-order valence-corrected chi connectivity index (χ2v) is 5.07. The molecule has 1 aliphatic rings. The molecule has 4 heteroatoms. The molecule has 0 aliphatic heterocycles. The number of nitrogens with zero attached hydrogens (tertiary/aromatic N) is 2. The van der Waals surface area contributed by atoms with Crippen molar-refractivity contribution in [2.75, 3.05) is 19.5 Å². The van der Waals surface area contributed by atoms with Gasteiger partial charge in [0.2, 0.25) is 0 Å². The molecule has 4 nitrogen and oxygen atoms in total. The first-order valence-corrected chi connectivity index (χ1v) is 6.81. The lowest BCUT2D eigenvalue weighted by Crippen LogP contribution is -2.07. The monoisotopic (exact) mass is 249 g/mol. The molecule has 0 amide bonds. The molecule has 2 atom stereocenters. The van der Waals surface area contributed by atoms with Crippen LogP contribution in [0.25, 0.3) is 0 Å². The minimum absolute atomic E-state index is 0.527. The van der Waals surface area contributed by atoms with Crippen LogP contribution >= 0.6 is 0 Å². The number of hydrogen-bond donors (Lipinski definition) is 1. The summed E-state index contributed by atoms with van der Waals surface area (Å²) in [6.07, 6.45) is 5.04. The molecule has 1 fully saturated rings. The maximum absolute atomic E-state index is 5.17. The Hall–Kier alpha value is -1.16. The lowest BCUT2D eigenvalue weighted by atomic mass is 10.0. The molecular weight excluding hydrogens is 226 g/mol. The fraction of sp³-hybridized carbons (Fsp3) is 0.714. The van der Waals surface area contributed by atoms with Gasteiger partial charge in [0.05, 0.1) is 12.3 Å². The molecule has 0 saturated heterocycles. The first-order chi connectivity index (χ1) is 8.76. The van der Waals surface area contributed by atoms with E-state index in [9.17, 15) is 0 Å². The Labute approximate surface area is 109 Å². The van der Waals surface area contributed by atoms with Gasteiger partial charge in [0, 0.05) is 26.1 Å². The van der Waals surface area contributed by atoms with E-state index >= 15 is 0 Å². The molecule has 0 bridgehead atoms. The van der Waals surface area contributed by atoms with Crippen LogP contribution in [0, 0.1) is 5.92 Å². The number of methoxy groups -OCH3 is 1. The van der Waals surface area contributed by atoms with Gasteiger partial charge in [-0.15, -0.1) is 0 Å². The van der Waals surface area contributed by atoms with Gasteiger partial charge in [0.1, 0.15) is 11.6 Å². The summed E-state index contributed by atoms with van der Waals surface area (Å²) in [5.74, 6) is 3.26. The van der Waals surface area contributed by atoms with Gasteiger partial charge in [-0.25, -0.2) is 9.97 Å². The number of nitrogens with one attached hydrogen (secondary N) is 1. The Bertz CT molecular complexity index is 395. The van der Waals surface area contributed by atoms with Crippen LogP contribution in [0.15, 0.2) is 6.07 Å². The topological polar surface area (TPSA) is 47.0 Å². The van der Waals surface area contributed by atoms with Crippen LogP contribution in [0.2, 0.25) is 0 Å². The molecular formula is C14H23N3O. The predicted octanol–water partition coefficient (Wildman–Crippen LogP) is 2.96. The van der Waals surface area contributed by atoms with Gasteiger partial charge in [-0.2, -0.15) is 0 Å². The maximum atomic E-state index is 5.17. The first kappa shape index (κ1) is 13.3. The van der Waals surface area contributed by atoms with Gasteiger partial charge in [0.25, 0.3) is 0 Å². The van der Waals surface area contributed by atoms with E-state index < -0.39 is 0 Å². The number of aromatic nitrogens is 2. The molecule has 2 unspecified atom stereocenters. The summed E-state index contributed by atoms with van der Waals surface area (Å²) in [7, 11) is 3.59. The number of hydrogen-bond acceptors (Lipinski definition) is 4. The third-order valence-corrected chi connectivity index (χ3v) is 3.83. The standard InChI is InChI=1S/C14H23N3O/c1-4-10-5-6-11(7-10)14-16-12(9-18-3)8-13(15-2)17-14/h8,10-11H,4-7,9H2,1-3H3,(H,15,16,17). The summed E-state index contributed by atoms with van der Waals surface area (Å²) in [6.45, 7) is 2.82. The summed E-state index contributed by atoms with van der Waals surface area (Å²) in [4.78, 5) is 9.25. The summed E-state index contributed by atoms with van der Waals surface area (Å²) in [5.41, 5.74) is 0.965. The van der Waals surface area contributed by atoms with Crippen molar-refractivity contribution in [1.29, 1.82) is 0 Å².